The first-order valence-electron chi connectivity index (χ1n) is 7.91. The molecule has 1 fully saturated rings. The van der Waals surface area contributed by atoms with E-state index < -0.39 is 6.10 Å². The van der Waals surface area contributed by atoms with Crippen LogP contribution in [0.15, 0.2) is 48.5 Å². The molecule has 3 rings (SSSR count). The molecule has 0 aliphatic carbocycles. The van der Waals surface area contributed by atoms with Crippen molar-refractivity contribution >= 4 is 0 Å². The summed E-state index contributed by atoms with van der Waals surface area (Å²) in [5, 5.41) is 10.4. The van der Waals surface area contributed by atoms with E-state index in [1.165, 1.54) is 12.8 Å². The number of hydrogen-bond donors (Lipinski definition) is 1. The van der Waals surface area contributed by atoms with E-state index in [4.69, 9.17) is 4.74 Å². The number of likely N-dealkylation sites (tertiary alicyclic amines) is 1. The summed E-state index contributed by atoms with van der Waals surface area (Å²) in [7, 11) is 1.67. The summed E-state index contributed by atoms with van der Waals surface area (Å²) in [6.07, 6.45) is 2.11. The number of hydrogen-bond acceptors (Lipinski definition) is 3. The average molecular weight is 297 g/mol. The van der Waals surface area contributed by atoms with Crippen molar-refractivity contribution in [2.45, 2.75) is 18.9 Å². The lowest BCUT2D eigenvalue weighted by atomic mass is 10.0. The number of aliphatic hydroxyl groups excluding tert-OH is 1. The molecular formula is C19H23NO2. The molecule has 1 aliphatic rings. The molecule has 0 aromatic heterocycles. The van der Waals surface area contributed by atoms with Crippen LogP contribution in [0, 0.1) is 0 Å². The molecule has 1 saturated heterocycles. The van der Waals surface area contributed by atoms with Crippen LogP contribution in [0.5, 0.6) is 5.75 Å². The Morgan fingerprint density at radius 2 is 1.50 bits per heavy atom. The molecule has 0 radical (unpaired) electrons. The van der Waals surface area contributed by atoms with Gasteiger partial charge in [0.25, 0.3) is 0 Å². The van der Waals surface area contributed by atoms with Crippen LogP contribution in [0.2, 0.25) is 0 Å². The highest BCUT2D eigenvalue weighted by atomic mass is 16.5. The predicted octanol–water partition coefficient (Wildman–Crippen LogP) is 3.49. The van der Waals surface area contributed by atoms with Gasteiger partial charge >= 0.3 is 0 Å². The van der Waals surface area contributed by atoms with Crippen LogP contribution in [0.25, 0.3) is 11.1 Å². The predicted molar refractivity (Wildman–Crippen MR) is 89.1 cm³/mol. The van der Waals surface area contributed by atoms with Gasteiger partial charge in [0.05, 0.1) is 13.2 Å². The molecule has 2 aromatic carbocycles. The van der Waals surface area contributed by atoms with Gasteiger partial charge in [0.15, 0.2) is 0 Å². The molecule has 3 nitrogen and oxygen atoms in total. The van der Waals surface area contributed by atoms with Crippen molar-refractivity contribution in [2.24, 2.45) is 0 Å². The van der Waals surface area contributed by atoms with E-state index in [0.717, 1.165) is 42.1 Å². The van der Waals surface area contributed by atoms with Crippen LogP contribution in [0.4, 0.5) is 0 Å². The lowest BCUT2D eigenvalue weighted by Crippen LogP contribution is -2.25. The van der Waals surface area contributed by atoms with E-state index in [2.05, 4.69) is 29.2 Å². The fourth-order valence-corrected chi connectivity index (χ4v) is 3.00. The third-order valence-electron chi connectivity index (χ3n) is 4.35. The van der Waals surface area contributed by atoms with Crippen LogP contribution in [0.3, 0.4) is 0 Å². The zero-order valence-corrected chi connectivity index (χ0v) is 13.0. The van der Waals surface area contributed by atoms with Crippen LogP contribution in [0.1, 0.15) is 24.5 Å². The van der Waals surface area contributed by atoms with Crippen LogP contribution in [-0.4, -0.2) is 36.8 Å². The third kappa shape index (κ3) is 3.49. The van der Waals surface area contributed by atoms with Gasteiger partial charge in [0.1, 0.15) is 5.75 Å². The van der Waals surface area contributed by atoms with Crippen molar-refractivity contribution in [3.63, 3.8) is 0 Å². The molecule has 22 heavy (non-hydrogen) atoms. The number of aliphatic hydroxyl groups is 1. The highest BCUT2D eigenvalue weighted by Crippen LogP contribution is 2.25. The standard InChI is InChI=1S/C19H23NO2/c1-22-18-10-8-16(9-11-18)15-4-6-17(7-5-15)19(21)14-20-12-2-3-13-20/h4-11,19,21H,2-3,12-14H2,1H3. The topological polar surface area (TPSA) is 32.7 Å². The smallest absolute Gasteiger partial charge is 0.118 e. The summed E-state index contributed by atoms with van der Waals surface area (Å²) in [6, 6.07) is 16.2. The maximum Gasteiger partial charge on any atom is 0.118 e. The molecule has 0 bridgehead atoms. The lowest BCUT2D eigenvalue weighted by molar-refractivity contribution is 0.126. The number of β-amino-alcohol motifs (C(OH)–C–C–N with tert-alkyl or cyclic N) is 1. The number of benzene rings is 2. The molecule has 0 amide bonds. The Morgan fingerprint density at radius 1 is 0.955 bits per heavy atom. The summed E-state index contributed by atoms with van der Waals surface area (Å²) < 4.78 is 5.18. The van der Waals surface area contributed by atoms with Crippen LogP contribution < -0.4 is 4.74 Å². The minimum Gasteiger partial charge on any atom is -0.497 e. The SMILES string of the molecule is COc1ccc(-c2ccc(C(O)CN3CCCC3)cc2)cc1. The third-order valence-corrected chi connectivity index (χ3v) is 4.35. The first-order chi connectivity index (χ1) is 10.8. The molecule has 2 aromatic rings. The highest BCUT2D eigenvalue weighted by Gasteiger charge is 2.16. The van der Waals surface area contributed by atoms with Gasteiger partial charge in [-0.25, -0.2) is 0 Å². The Hall–Kier alpha value is -1.84. The van der Waals surface area contributed by atoms with Crippen molar-refractivity contribution in [2.75, 3.05) is 26.7 Å². The Kier molecular flexibility index (Phi) is 4.76. The van der Waals surface area contributed by atoms with E-state index in [1.807, 2.05) is 24.3 Å². The van der Waals surface area contributed by atoms with E-state index in [1.54, 1.807) is 7.11 Å². The Morgan fingerprint density at radius 3 is 2.05 bits per heavy atom. The van der Waals surface area contributed by atoms with Gasteiger partial charge < -0.3 is 14.7 Å². The minimum atomic E-state index is -0.400. The van der Waals surface area contributed by atoms with Crippen molar-refractivity contribution in [1.29, 1.82) is 0 Å². The Balaban J connectivity index is 1.68. The molecule has 0 saturated carbocycles. The molecule has 0 spiro atoms. The molecule has 1 N–H and O–H groups in total. The first kappa shape index (κ1) is 15.1. The van der Waals surface area contributed by atoms with Gasteiger partial charge in [-0.2, -0.15) is 0 Å². The summed E-state index contributed by atoms with van der Waals surface area (Å²) in [5.41, 5.74) is 3.30. The van der Waals surface area contributed by atoms with Gasteiger partial charge in [-0.1, -0.05) is 36.4 Å². The first-order valence-corrected chi connectivity index (χ1v) is 7.91. The quantitative estimate of drug-likeness (QED) is 0.917. The van der Waals surface area contributed by atoms with Gasteiger partial charge in [0.2, 0.25) is 0 Å². The second-order valence-corrected chi connectivity index (χ2v) is 5.87. The molecule has 1 aliphatic heterocycles. The number of methoxy groups -OCH3 is 1. The molecule has 116 valence electrons. The fraction of sp³-hybridized carbons (Fsp3) is 0.368. The highest BCUT2D eigenvalue weighted by molar-refractivity contribution is 5.64. The summed E-state index contributed by atoms with van der Waals surface area (Å²) in [4.78, 5) is 2.34. The van der Waals surface area contributed by atoms with E-state index in [9.17, 15) is 5.11 Å². The van der Waals surface area contributed by atoms with Crippen molar-refractivity contribution in [3.8, 4) is 16.9 Å². The number of nitrogens with zero attached hydrogens (tertiary/aromatic N) is 1. The maximum atomic E-state index is 10.4. The Bertz CT molecular complexity index is 586. The van der Waals surface area contributed by atoms with Gasteiger partial charge in [-0.3, -0.25) is 0 Å². The number of rotatable bonds is 5. The van der Waals surface area contributed by atoms with Crippen LogP contribution >= 0.6 is 0 Å². The summed E-state index contributed by atoms with van der Waals surface area (Å²) >= 11 is 0. The fourth-order valence-electron chi connectivity index (χ4n) is 3.00. The van der Waals surface area contributed by atoms with E-state index in [0.29, 0.717) is 0 Å². The van der Waals surface area contributed by atoms with E-state index in [-0.39, 0.29) is 0 Å². The monoisotopic (exact) mass is 297 g/mol. The molecular weight excluding hydrogens is 274 g/mol. The molecule has 3 heteroatoms. The average Bonchev–Trinajstić information content (AvgIpc) is 3.08. The summed E-state index contributed by atoms with van der Waals surface area (Å²) in [6.45, 7) is 2.96. The Labute approximate surface area is 132 Å². The van der Waals surface area contributed by atoms with Gasteiger partial charge in [0, 0.05) is 6.54 Å². The minimum absolute atomic E-state index is 0.400. The molecule has 1 unspecified atom stereocenters. The molecule has 1 atom stereocenters. The van der Waals surface area contributed by atoms with Crippen molar-refractivity contribution in [3.05, 3.63) is 54.1 Å². The second-order valence-electron chi connectivity index (χ2n) is 5.87. The van der Waals surface area contributed by atoms with Crippen molar-refractivity contribution < 1.29 is 9.84 Å². The zero-order chi connectivity index (χ0) is 15.4. The molecule has 1 heterocycles. The normalized spacial score (nSPS) is 16.6. The van der Waals surface area contributed by atoms with Crippen molar-refractivity contribution in [1.82, 2.24) is 4.90 Å². The van der Waals surface area contributed by atoms with Crippen LogP contribution in [-0.2, 0) is 0 Å². The maximum absolute atomic E-state index is 10.4. The van der Waals surface area contributed by atoms with Gasteiger partial charge in [-0.15, -0.1) is 0 Å². The number of ether oxygens (including phenoxy) is 1. The van der Waals surface area contributed by atoms with E-state index >= 15 is 0 Å². The zero-order valence-electron chi connectivity index (χ0n) is 13.0. The summed E-state index contributed by atoms with van der Waals surface area (Å²) in [5.74, 6) is 0.862. The van der Waals surface area contributed by atoms with Gasteiger partial charge in [-0.05, 0) is 54.8 Å². The second kappa shape index (κ2) is 6.95. The largest absolute Gasteiger partial charge is 0.497 e. The lowest BCUT2D eigenvalue weighted by Gasteiger charge is -2.19.